The highest BCUT2D eigenvalue weighted by Crippen LogP contribution is 2.17. The number of aromatic nitrogens is 1. The molecular weight excluding hydrogens is 240 g/mol. The fourth-order valence-corrected chi connectivity index (χ4v) is 1.98. The number of hydrazine groups is 1. The molecule has 0 aliphatic heterocycles. The molecule has 1 heterocycles. The number of carbonyl (C=O) groups is 1. The van der Waals surface area contributed by atoms with Crippen molar-refractivity contribution in [3.63, 3.8) is 0 Å². The Morgan fingerprint density at radius 1 is 1.47 bits per heavy atom. The van der Waals surface area contributed by atoms with Crippen LogP contribution < -0.4 is 11.3 Å². The maximum Gasteiger partial charge on any atom is 0.256 e. The minimum atomic E-state index is 0.00135. The summed E-state index contributed by atoms with van der Waals surface area (Å²) in [5, 5.41) is 0. The molecule has 0 aliphatic rings. The summed E-state index contributed by atoms with van der Waals surface area (Å²) in [5.41, 5.74) is 3.66. The van der Waals surface area contributed by atoms with Crippen LogP contribution in [-0.4, -0.2) is 28.4 Å². The van der Waals surface area contributed by atoms with Crippen molar-refractivity contribution in [2.24, 2.45) is 5.84 Å². The van der Waals surface area contributed by atoms with Crippen LogP contribution in [0.15, 0.2) is 18.5 Å². The quantitative estimate of drug-likeness (QED) is 0.451. The Kier molecular flexibility index (Phi) is 6.29. The minimum Gasteiger partial charge on any atom is -0.336 e. The zero-order valence-electron chi connectivity index (χ0n) is 12.0. The van der Waals surface area contributed by atoms with Crippen LogP contribution >= 0.6 is 0 Å². The summed E-state index contributed by atoms with van der Waals surface area (Å²) >= 11 is 0. The summed E-state index contributed by atoms with van der Waals surface area (Å²) in [7, 11) is 0. The van der Waals surface area contributed by atoms with Crippen molar-refractivity contribution in [2.75, 3.05) is 12.0 Å². The van der Waals surface area contributed by atoms with E-state index in [0.717, 1.165) is 25.8 Å². The second kappa shape index (κ2) is 7.74. The molecule has 0 saturated heterocycles. The zero-order chi connectivity index (χ0) is 14.3. The van der Waals surface area contributed by atoms with E-state index < -0.39 is 0 Å². The molecule has 0 aromatic carbocycles. The molecule has 5 nitrogen and oxygen atoms in total. The topological polar surface area (TPSA) is 71.2 Å². The van der Waals surface area contributed by atoms with Gasteiger partial charge in [0.15, 0.2) is 0 Å². The van der Waals surface area contributed by atoms with Gasteiger partial charge in [-0.25, -0.2) is 0 Å². The minimum absolute atomic E-state index is 0.00135. The molecule has 0 bridgehead atoms. The van der Waals surface area contributed by atoms with E-state index in [1.165, 1.54) is 0 Å². The molecule has 0 aliphatic carbocycles. The first-order valence-corrected chi connectivity index (χ1v) is 6.83. The second-order valence-electron chi connectivity index (χ2n) is 4.86. The number of rotatable bonds is 7. The number of carbonyl (C=O) groups excluding carboxylic acids is 1. The highest BCUT2D eigenvalue weighted by molar-refractivity contribution is 5.99. The lowest BCUT2D eigenvalue weighted by molar-refractivity contribution is 0.0703. The number of hydrogen-bond donors (Lipinski definition) is 2. The van der Waals surface area contributed by atoms with Gasteiger partial charge in [0.25, 0.3) is 5.91 Å². The van der Waals surface area contributed by atoms with Gasteiger partial charge in [0.1, 0.15) is 0 Å². The molecule has 5 heteroatoms. The summed E-state index contributed by atoms with van der Waals surface area (Å²) in [4.78, 5) is 18.4. The van der Waals surface area contributed by atoms with E-state index in [1.807, 2.05) is 18.7 Å². The van der Waals surface area contributed by atoms with Gasteiger partial charge in [-0.05, 0) is 26.3 Å². The third-order valence-corrected chi connectivity index (χ3v) is 3.09. The van der Waals surface area contributed by atoms with Crippen molar-refractivity contribution >= 4 is 11.6 Å². The average Bonchev–Trinajstić information content (AvgIpc) is 2.42. The van der Waals surface area contributed by atoms with Gasteiger partial charge in [-0.3, -0.25) is 15.6 Å². The number of anilines is 1. The highest BCUT2D eigenvalue weighted by Gasteiger charge is 2.20. The Bertz CT molecular complexity index is 406. The highest BCUT2D eigenvalue weighted by atomic mass is 16.2. The van der Waals surface area contributed by atoms with Gasteiger partial charge in [-0.1, -0.05) is 19.8 Å². The molecule has 106 valence electrons. The van der Waals surface area contributed by atoms with Crippen molar-refractivity contribution in [3.05, 3.63) is 24.0 Å². The fraction of sp³-hybridized carbons (Fsp3) is 0.571. The summed E-state index contributed by atoms with van der Waals surface area (Å²) < 4.78 is 0. The Hall–Kier alpha value is -1.62. The van der Waals surface area contributed by atoms with Crippen LogP contribution in [-0.2, 0) is 0 Å². The average molecular weight is 264 g/mol. The maximum absolute atomic E-state index is 12.6. The first-order chi connectivity index (χ1) is 9.11. The standard InChI is InChI=1S/C14H24N4O/c1-4-5-6-9-18(11(2)3)14(19)12-7-8-16-10-13(12)17-15/h7-8,10-11,17H,4-6,9,15H2,1-3H3. The number of amides is 1. The Labute approximate surface area is 115 Å². The van der Waals surface area contributed by atoms with E-state index in [2.05, 4.69) is 17.3 Å². The van der Waals surface area contributed by atoms with E-state index in [4.69, 9.17) is 5.84 Å². The van der Waals surface area contributed by atoms with E-state index in [9.17, 15) is 4.79 Å². The van der Waals surface area contributed by atoms with E-state index >= 15 is 0 Å². The SMILES string of the molecule is CCCCCN(C(=O)c1ccncc1NN)C(C)C. The van der Waals surface area contributed by atoms with Crippen molar-refractivity contribution in [1.29, 1.82) is 0 Å². The molecule has 1 rings (SSSR count). The molecule has 19 heavy (non-hydrogen) atoms. The van der Waals surface area contributed by atoms with Gasteiger partial charge in [0.2, 0.25) is 0 Å². The Balaban J connectivity index is 2.86. The molecule has 0 radical (unpaired) electrons. The molecule has 0 saturated carbocycles. The molecular formula is C14H24N4O. The van der Waals surface area contributed by atoms with Gasteiger partial charge < -0.3 is 10.3 Å². The summed E-state index contributed by atoms with van der Waals surface area (Å²) in [6.07, 6.45) is 6.48. The van der Waals surface area contributed by atoms with E-state index in [-0.39, 0.29) is 11.9 Å². The molecule has 0 fully saturated rings. The van der Waals surface area contributed by atoms with E-state index in [0.29, 0.717) is 11.3 Å². The molecule has 0 unspecified atom stereocenters. The van der Waals surface area contributed by atoms with Crippen molar-refractivity contribution in [3.8, 4) is 0 Å². The lowest BCUT2D eigenvalue weighted by atomic mass is 10.1. The molecule has 0 atom stereocenters. The third-order valence-electron chi connectivity index (χ3n) is 3.09. The van der Waals surface area contributed by atoms with Gasteiger partial charge in [-0.2, -0.15) is 0 Å². The van der Waals surface area contributed by atoms with Crippen molar-refractivity contribution in [2.45, 2.75) is 46.1 Å². The predicted octanol–water partition coefficient (Wildman–Crippen LogP) is 2.41. The van der Waals surface area contributed by atoms with Crippen LogP contribution in [0.5, 0.6) is 0 Å². The zero-order valence-corrected chi connectivity index (χ0v) is 12.0. The van der Waals surface area contributed by atoms with Crippen LogP contribution in [0.4, 0.5) is 5.69 Å². The van der Waals surface area contributed by atoms with Gasteiger partial charge >= 0.3 is 0 Å². The van der Waals surface area contributed by atoms with Crippen LogP contribution in [0.3, 0.4) is 0 Å². The van der Waals surface area contributed by atoms with Gasteiger partial charge in [0, 0.05) is 18.8 Å². The Morgan fingerprint density at radius 2 is 2.21 bits per heavy atom. The third kappa shape index (κ3) is 4.21. The number of hydrogen-bond acceptors (Lipinski definition) is 4. The summed E-state index contributed by atoms with van der Waals surface area (Å²) in [6, 6.07) is 1.87. The smallest absolute Gasteiger partial charge is 0.256 e. The lowest BCUT2D eigenvalue weighted by Crippen LogP contribution is -2.38. The lowest BCUT2D eigenvalue weighted by Gasteiger charge is -2.27. The van der Waals surface area contributed by atoms with Crippen LogP contribution in [0.2, 0.25) is 0 Å². The van der Waals surface area contributed by atoms with Gasteiger partial charge in [0.05, 0.1) is 17.4 Å². The number of nitrogens with one attached hydrogen (secondary N) is 1. The largest absolute Gasteiger partial charge is 0.336 e. The number of nitrogens with zero attached hydrogens (tertiary/aromatic N) is 2. The number of pyridine rings is 1. The molecule has 3 N–H and O–H groups in total. The molecule has 1 aromatic rings. The van der Waals surface area contributed by atoms with E-state index in [1.54, 1.807) is 18.5 Å². The predicted molar refractivity (Wildman–Crippen MR) is 77.7 cm³/mol. The van der Waals surface area contributed by atoms with Gasteiger partial charge in [-0.15, -0.1) is 0 Å². The van der Waals surface area contributed by atoms with Crippen molar-refractivity contribution in [1.82, 2.24) is 9.88 Å². The molecule has 0 spiro atoms. The Morgan fingerprint density at radius 3 is 2.79 bits per heavy atom. The summed E-state index contributed by atoms with van der Waals surface area (Å²) in [5.74, 6) is 5.43. The molecule has 1 amide bonds. The number of nitrogens with two attached hydrogens (primary N) is 1. The number of nitrogen functional groups attached to an aromatic ring is 1. The van der Waals surface area contributed by atoms with Crippen LogP contribution in [0.1, 0.15) is 50.4 Å². The normalized spacial score (nSPS) is 10.6. The first-order valence-electron chi connectivity index (χ1n) is 6.83. The monoisotopic (exact) mass is 264 g/mol. The fourth-order valence-electron chi connectivity index (χ4n) is 1.98. The first kappa shape index (κ1) is 15.4. The number of unbranched alkanes of at least 4 members (excludes halogenated alkanes) is 2. The molecule has 1 aromatic heterocycles. The maximum atomic E-state index is 12.6. The van der Waals surface area contributed by atoms with Crippen LogP contribution in [0, 0.1) is 0 Å². The second-order valence-corrected chi connectivity index (χ2v) is 4.86. The van der Waals surface area contributed by atoms with Crippen LogP contribution in [0.25, 0.3) is 0 Å². The summed E-state index contributed by atoms with van der Waals surface area (Å²) in [6.45, 7) is 6.98. The van der Waals surface area contributed by atoms with Crippen molar-refractivity contribution < 1.29 is 4.79 Å².